The Morgan fingerprint density at radius 3 is 2.56 bits per heavy atom. The molecule has 5 nitrogen and oxygen atoms in total. The SMILES string of the molecule is CC=O.CCCCNCc1ccc2c(c1)NC1=C(C(=O)CC(C)(C)C1)C(c1ccc(Cl)cc1Cl)N2C. The highest BCUT2D eigenvalue weighted by Gasteiger charge is 2.41. The Kier molecular flexibility index (Phi) is 9.62. The Morgan fingerprint density at radius 2 is 1.89 bits per heavy atom. The molecule has 0 saturated heterocycles. The summed E-state index contributed by atoms with van der Waals surface area (Å²) in [4.78, 5) is 24.5. The molecule has 0 radical (unpaired) electrons. The van der Waals surface area contributed by atoms with E-state index in [9.17, 15) is 4.79 Å². The number of unbranched alkanes of at least 4 members (excludes halogenated alkanes) is 1. The summed E-state index contributed by atoms with van der Waals surface area (Å²) >= 11 is 12.9. The van der Waals surface area contributed by atoms with Crippen LogP contribution in [0, 0.1) is 5.41 Å². The number of halogens is 2. The monoisotopic (exact) mass is 529 g/mol. The van der Waals surface area contributed by atoms with E-state index >= 15 is 0 Å². The second kappa shape index (κ2) is 12.3. The number of ketones is 1. The zero-order chi connectivity index (χ0) is 26.5. The minimum Gasteiger partial charge on any atom is -0.362 e. The highest BCUT2D eigenvalue weighted by molar-refractivity contribution is 6.35. The van der Waals surface area contributed by atoms with Gasteiger partial charge in [0.25, 0.3) is 0 Å². The van der Waals surface area contributed by atoms with Crippen LogP contribution in [0.2, 0.25) is 10.0 Å². The third-order valence-corrected chi connectivity index (χ3v) is 7.16. The van der Waals surface area contributed by atoms with E-state index in [-0.39, 0.29) is 17.2 Å². The fraction of sp³-hybridized carbons (Fsp3) is 0.448. The molecule has 2 N–H and O–H groups in total. The van der Waals surface area contributed by atoms with Crippen LogP contribution in [-0.2, 0) is 16.1 Å². The summed E-state index contributed by atoms with van der Waals surface area (Å²) in [5, 5.41) is 8.35. The van der Waals surface area contributed by atoms with E-state index in [4.69, 9.17) is 28.0 Å². The van der Waals surface area contributed by atoms with Crippen molar-refractivity contribution in [2.45, 2.75) is 66.0 Å². The van der Waals surface area contributed by atoms with Crippen molar-refractivity contribution in [2.24, 2.45) is 5.41 Å². The fourth-order valence-corrected chi connectivity index (χ4v) is 5.49. The van der Waals surface area contributed by atoms with E-state index in [0.29, 0.717) is 16.5 Å². The Morgan fingerprint density at radius 1 is 1.17 bits per heavy atom. The molecule has 2 aromatic carbocycles. The van der Waals surface area contributed by atoms with Gasteiger partial charge < -0.3 is 20.3 Å². The van der Waals surface area contributed by atoms with Crippen LogP contribution in [0.15, 0.2) is 47.7 Å². The largest absolute Gasteiger partial charge is 0.362 e. The van der Waals surface area contributed by atoms with Gasteiger partial charge in [-0.2, -0.15) is 0 Å². The van der Waals surface area contributed by atoms with E-state index in [0.717, 1.165) is 54.0 Å². The number of allylic oxidation sites excluding steroid dienone is 1. The topological polar surface area (TPSA) is 61.4 Å². The lowest BCUT2D eigenvalue weighted by atomic mass is 9.73. The number of benzene rings is 2. The smallest absolute Gasteiger partial charge is 0.163 e. The maximum atomic E-state index is 13.5. The molecule has 0 spiro atoms. The van der Waals surface area contributed by atoms with Crippen LogP contribution >= 0.6 is 23.2 Å². The van der Waals surface area contributed by atoms with E-state index in [1.54, 1.807) is 6.07 Å². The van der Waals surface area contributed by atoms with Crippen LogP contribution in [-0.4, -0.2) is 25.7 Å². The normalized spacial score (nSPS) is 18.4. The zero-order valence-corrected chi connectivity index (χ0v) is 23.4. The van der Waals surface area contributed by atoms with Gasteiger partial charge in [-0.1, -0.05) is 62.5 Å². The molecule has 0 aromatic heterocycles. The van der Waals surface area contributed by atoms with Crippen molar-refractivity contribution in [2.75, 3.05) is 23.8 Å². The summed E-state index contributed by atoms with van der Waals surface area (Å²) in [5.41, 5.74) is 5.89. The van der Waals surface area contributed by atoms with Gasteiger partial charge in [-0.25, -0.2) is 0 Å². The minimum absolute atomic E-state index is 0.0976. The van der Waals surface area contributed by atoms with Gasteiger partial charge in [0.05, 0.1) is 17.4 Å². The van der Waals surface area contributed by atoms with Crippen LogP contribution in [0.4, 0.5) is 11.4 Å². The van der Waals surface area contributed by atoms with Crippen molar-refractivity contribution in [3.8, 4) is 0 Å². The highest BCUT2D eigenvalue weighted by Crippen LogP contribution is 2.49. The van der Waals surface area contributed by atoms with Crippen molar-refractivity contribution < 1.29 is 9.59 Å². The second-order valence-corrected chi connectivity index (χ2v) is 11.1. The third kappa shape index (κ3) is 6.50. The summed E-state index contributed by atoms with van der Waals surface area (Å²) in [6.45, 7) is 9.79. The number of Topliss-reactive ketones (excluding diaryl/α,β-unsaturated/α-hetero) is 1. The summed E-state index contributed by atoms with van der Waals surface area (Å²) in [5.74, 6) is 0.172. The van der Waals surface area contributed by atoms with Crippen molar-refractivity contribution in [1.82, 2.24) is 5.32 Å². The van der Waals surface area contributed by atoms with Crippen molar-refractivity contribution in [3.63, 3.8) is 0 Å². The molecule has 1 unspecified atom stereocenters. The van der Waals surface area contributed by atoms with E-state index in [1.807, 2.05) is 19.2 Å². The summed E-state index contributed by atoms with van der Waals surface area (Å²) in [7, 11) is 2.04. The molecule has 0 bridgehead atoms. The van der Waals surface area contributed by atoms with Crippen LogP contribution in [0.1, 0.15) is 70.5 Å². The van der Waals surface area contributed by atoms with Gasteiger partial charge in [-0.15, -0.1) is 0 Å². The van der Waals surface area contributed by atoms with Gasteiger partial charge in [-0.05, 0) is 67.1 Å². The number of nitrogens with one attached hydrogen (secondary N) is 2. The predicted octanol–water partition coefficient (Wildman–Crippen LogP) is 7.33. The number of hydrogen-bond donors (Lipinski definition) is 2. The molecule has 1 aliphatic heterocycles. The molecule has 36 heavy (non-hydrogen) atoms. The maximum absolute atomic E-state index is 13.5. The first-order valence-corrected chi connectivity index (χ1v) is 13.3. The standard InChI is InChI=1S/C27H33Cl2N3O.C2H4O/c1-5-6-11-30-16-17-7-10-23-21(12-17)31-22-14-27(2,3)15-24(33)25(22)26(32(23)4)19-9-8-18(28)13-20(19)29;1-2-3/h7-10,12-13,26,30-31H,5-6,11,14-16H2,1-4H3;2H,1H3. The van der Waals surface area contributed by atoms with E-state index < -0.39 is 0 Å². The van der Waals surface area contributed by atoms with Crippen LogP contribution in [0.3, 0.4) is 0 Å². The molecule has 0 fully saturated rings. The number of hydrogen-bond acceptors (Lipinski definition) is 5. The molecule has 7 heteroatoms. The van der Waals surface area contributed by atoms with Crippen molar-refractivity contribution >= 4 is 46.6 Å². The fourth-order valence-electron chi connectivity index (χ4n) is 4.98. The number of anilines is 2. The molecule has 2 aromatic rings. The number of fused-ring (bicyclic) bond motifs is 1. The molecule has 1 aliphatic carbocycles. The van der Waals surface area contributed by atoms with Crippen LogP contribution < -0.4 is 15.5 Å². The van der Waals surface area contributed by atoms with Crippen molar-refractivity contribution in [3.05, 3.63) is 68.8 Å². The molecular formula is C29H37Cl2N3O2. The lowest BCUT2D eigenvalue weighted by Crippen LogP contribution is -2.34. The van der Waals surface area contributed by atoms with Gasteiger partial charge in [0.1, 0.15) is 6.29 Å². The van der Waals surface area contributed by atoms with E-state index in [2.05, 4.69) is 54.5 Å². The molecule has 2 aliphatic rings. The van der Waals surface area contributed by atoms with Gasteiger partial charge in [0.15, 0.2) is 5.78 Å². The quantitative estimate of drug-likeness (QED) is 0.302. The molecule has 194 valence electrons. The lowest BCUT2D eigenvalue weighted by Gasteiger charge is -2.36. The Bertz CT molecular complexity index is 1140. The Labute approximate surface area is 225 Å². The summed E-state index contributed by atoms with van der Waals surface area (Å²) < 4.78 is 0. The average Bonchev–Trinajstić information content (AvgIpc) is 2.90. The minimum atomic E-state index is -0.282. The number of aldehydes is 1. The maximum Gasteiger partial charge on any atom is 0.163 e. The summed E-state index contributed by atoms with van der Waals surface area (Å²) in [6.07, 6.45) is 4.43. The number of carbonyl (C=O) groups excluding carboxylic acids is 2. The first-order valence-electron chi connectivity index (χ1n) is 12.6. The van der Waals surface area contributed by atoms with Gasteiger partial charge >= 0.3 is 0 Å². The number of nitrogens with zero attached hydrogens (tertiary/aromatic N) is 1. The summed E-state index contributed by atoms with van der Waals surface area (Å²) in [6, 6.07) is 11.8. The number of likely N-dealkylation sites (N-methyl/N-ethyl adjacent to an activating group) is 1. The van der Waals surface area contributed by atoms with E-state index in [1.165, 1.54) is 25.3 Å². The molecule has 4 rings (SSSR count). The average molecular weight is 531 g/mol. The molecule has 0 saturated carbocycles. The van der Waals surface area contributed by atoms with Gasteiger partial charge in [-0.3, -0.25) is 4.79 Å². The van der Waals surface area contributed by atoms with Crippen molar-refractivity contribution in [1.29, 1.82) is 0 Å². The number of carbonyl (C=O) groups is 2. The highest BCUT2D eigenvalue weighted by atomic mass is 35.5. The molecule has 1 atom stereocenters. The van der Waals surface area contributed by atoms with Crippen LogP contribution in [0.25, 0.3) is 0 Å². The first-order chi connectivity index (χ1) is 17.1. The third-order valence-electron chi connectivity index (χ3n) is 6.60. The van der Waals surface area contributed by atoms with Gasteiger partial charge in [0, 0.05) is 41.3 Å². The molecular weight excluding hydrogens is 493 g/mol. The first kappa shape index (κ1) is 28.2. The Hall–Kier alpha value is -2.34. The molecule has 1 heterocycles. The van der Waals surface area contributed by atoms with Crippen LogP contribution in [0.5, 0.6) is 0 Å². The van der Waals surface area contributed by atoms with Gasteiger partial charge in [0.2, 0.25) is 0 Å². The number of rotatable bonds is 6. The predicted molar refractivity (Wildman–Crippen MR) is 151 cm³/mol. The second-order valence-electron chi connectivity index (χ2n) is 10.3. The molecule has 0 amide bonds. The lowest BCUT2D eigenvalue weighted by molar-refractivity contribution is -0.118. The zero-order valence-electron chi connectivity index (χ0n) is 21.9. The Balaban J connectivity index is 0.00000115.